The maximum Gasteiger partial charge on any atom is 0.257 e. The van der Waals surface area contributed by atoms with E-state index in [2.05, 4.69) is 4.72 Å². The SMILES string of the molecule is COc1cccc(C(=O)N2CCC[C@H](NS(C)(=O)=O)C2)c1OC. The van der Waals surface area contributed by atoms with Gasteiger partial charge in [-0.25, -0.2) is 13.1 Å². The van der Waals surface area contributed by atoms with Crippen LogP contribution in [0.25, 0.3) is 0 Å². The van der Waals surface area contributed by atoms with Crippen molar-refractivity contribution < 1.29 is 22.7 Å². The number of likely N-dealkylation sites (tertiary alicyclic amines) is 1. The summed E-state index contributed by atoms with van der Waals surface area (Å²) in [6, 6.07) is 4.86. The molecule has 0 spiro atoms. The van der Waals surface area contributed by atoms with Crippen molar-refractivity contribution in [3.63, 3.8) is 0 Å². The minimum atomic E-state index is -3.29. The smallest absolute Gasteiger partial charge is 0.257 e. The van der Waals surface area contributed by atoms with E-state index in [1.165, 1.54) is 14.2 Å². The summed E-state index contributed by atoms with van der Waals surface area (Å²) >= 11 is 0. The molecule has 0 bridgehead atoms. The monoisotopic (exact) mass is 342 g/mol. The summed E-state index contributed by atoms with van der Waals surface area (Å²) in [7, 11) is -0.296. The molecule has 1 fully saturated rings. The summed E-state index contributed by atoms with van der Waals surface area (Å²) < 4.78 is 35.8. The Balaban J connectivity index is 2.20. The maximum atomic E-state index is 12.8. The zero-order valence-corrected chi connectivity index (χ0v) is 14.4. The van der Waals surface area contributed by atoms with Crippen molar-refractivity contribution in [1.82, 2.24) is 9.62 Å². The van der Waals surface area contributed by atoms with Crippen molar-refractivity contribution in [3.8, 4) is 11.5 Å². The molecule has 0 saturated carbocycles. The number of para-hydroxylation sites is 1. The molecular formula is C15H22N2O5S. The van der Waals surface area contributed by atoms with Crippen LogP contribution in [0, 0.1) is 0 Å². The van der Waals surface area contributed by atoms with E-state index < -0.39 is 10.0 Å². The number of methoxy groups -OCH3 is 2. The van der Waals surface area contributed by atoms with E-state index in [-0.39, 0.29) is 11.9 Å². The van der Waals surface area contributed by atoms with Crippen LogP contribution in [0.5, 0.6) is 11.5 Å². The minimum absolute atomic E-state index is 0.194. The first-order valence-corrected chi connectivity index (χ1v) is 9.22. The van der Waals surface area contributed by atoms with Crippen LogP contribution in [-0.4, -0.2) is 58.8 Å². The zero-order valence-electron chi connectivity index (χ0n) is 13.5. The van der Waals surface area contributed by atoms with Crippen LogP contribution in [0.15, 0.2) is 18.2 Å². The molecule has 8 heteroatoms. The van der Waals surface area contributed by atoms with E-state index in [1.54, 1.807) is 23.1 Å². The minimum Gasteiger partial charge on any atom is -0.493 e. The Kier molecular flexibility index (Phi) is 5.48. The summed E-state index contributed by atoms with van der Waals surface area (Å²) in [5.41, 5.74) is 0.409. The number of benzene rings is 1. The second-order valence-electron chi connectivity index (χ2n) is 5.52. The van der Waals surface area contributed by atoms with E-state index in [1.807, 2.05) is 0 Å². The molecule has 1 amide bonds. The van der Waals surface area contributed by atoms with Crippen molar-refractivity contribution in [1.29, 1.82) is 0 Å². The molecule has 0 aromatic heterocycles. The molecule has 1 atom stereocenters. The van der Waals surface area contributed by atoms with E-state index in [4.69, 9.17) is 9.47 Å². The van der Waals surface area contributed by atoms with Gasteiger partial charge in [0.15, 0.2) is 11.5 Å². The van der Waals surface area contributed by atoms with Crippen LogP contribution < -0.4 is 14.2 Å². The van der Waals surface area contributed by atoms with Crippen LogP contribution in [0.1, 0.15) is 23.2 Å². The summed E-state index contributed by atoms with van der Waals surface area (Å²) in [6.45, 7) is 0.924. The highest BCUT2D eigenvalue weighted by atomic mass is 32.2. The Bertz CT molecular complexity index is 674. The van der Waals surface area contributed by atoms with Crippen LogP contribution in [-0.2, 0) is 10.0 Å². The van der Waals surface area contributed by atoms with Gasteiger partial charge in [0, 0.05) is 19.1 Å². The van der Waals surface area contributed by atoms with Crippen molar-refractivity contribution in [2.45, 2.75) is 18.9 Å². The molecule has 0 unspecified atom stereocenters. The predicted octanol–water partition coefficient (Wildman–Crippen LogP) is 0.858. The van der Waals surface area contributed by atoms with Crippen molar-refractivity contribution in [2.24, 2.45) is 0 Å². The van der Waals surface area contributed by atoms with Gasteiger partial charge in [0.25, 0.3) is 5.91 Å². The van der Waals surface area contributed by atoms with Crippen LogP contribution in [0.4, 0.5) is 0 Å². The van der Waals surface area contributed by atoms with Crippen LogP contribution in [0.3, 0.4) is 0 Å². The molecule has 1 N–H and O–H groups in total. The summed E-state index contributed by atoms with van der Waals surface area (Å²) in [5.74, 6) is 0.681. The number of ether oxygens (including phenoxy) is 2. The summed E-state index contributed by atoms with van der Waals surface area (Å²) in [6.07, 6.45) is 2.58. The highest BCUT2D eigenvalue weighted by molar-refractivity contribution is 7.88. The second-order valence-corrected chi connectivity index (χ2v) is 7.30. The number of amides is 1. The lowest BCUT2D eigenvalue weighted by Gasteiger charge is -2.33. The van der Waals surface area contributed by atoms with E-state index in [9.17, 15) is 13.2 Å². The van der Waals surface area contributed by atoms with E-state index in [0.29, 0.717) is 36.6 Å². The average molecular weight is 342 g/mol. The molecule has 1 aliphatic rings. The van der Waals surface area contributed by atoms with Gasteiger partial charge in [0.2, 0.25) is 10.0 Å². The number of carbonyl (C=O) groups excluding carboxylic acids is 1. The molecule has 7 nitrogen and oxygen atoms in total. The third kappa shape index (κ3) is 4.35. The Morgan fingerprint density at radius 1 is 1.30 bits per heavy atom. The summed E-state index contributed by atoms with van der Waals surface area (Å²) in [4.78, 5) is 14.4. The van der Waals surface area contributed by atoms with Gasteiger partial charge in [-0.2, -0.15) is 0 Å². The first-order valence-electron chi connectivity index (χ1n) is 7.33. The molecule has 0 aliphatic carbocycles. The number of nitrogens with one attached hydrogen (secondary N) is 1. The van der Waals surface area contributed by atoms with E-state index in [0.717, 1.165) is 12.7 Å². The largest absolute Gasteiger partial charge is 0.493 e. The number of carbonyl (C=O) groups is 1. The predicted molar refractivity (Wildman–Crippen MR) is 86.5 cm³/mol. The number of piperidine rings is 1. The first-order chi connectivity index (χ1) is 10.9. The number of hydrogen-bond donors (Lipinski definition) is 1. The number of sulfonamides is 1. The van der Waals surface area contributed by atoms with Gasteiger partial charge in [-0.1, -0.05) is 6.07 Å². The Hall–Kier alpha value is -1.80. The third-order valence-corrected chi connectivity index (χ3v) is 4.48. The fraction of sp³-hybridized carbons (Fsp3) is 0.533. The first kappa shape index (κ1) is 17.6. The van der Waals surface area contributed by atoms with Gasteiger partial charge >= 0.3 is 0 Å². The second kappa shape index (κ2) is 7.18. The van der Waals surface area contributed by atoms with Gasteiger partial charge < -0.3 is 14.4 Å². The standard InChI is InChI=1S/C15H22N2O5S/c1-21-13-8-4-7-12(14(13)22-2)15(18)17-9-5-6-11(10-17)16-23(3,19)20/h4,7-8,11,16H,5-6,9-10H2,1-3H3/t11-/m0/s1. The molecule has 1 heterocycles. The van der Waals surface area contributed by atoms with Gasteiger partial charge in [-0.3, -0.25) is 4.79 Å². The fourth-order valence-electron chi connectivity index (χ4n) is 2.79. The van der Waals surface area contributed by atoms with Gasteiger partial charge in [0.05, 0.1) is 26.0 Å². The van der Waals surface area contributed by atoms with Gasteiger partial charge in [0.1, 0.15) is 0 Å². The normalized spacial score (nSPS) is 18.6. The molecule has 1 saturated heterocycles. The van der Waals surface area contributed by atoms with Crippen molar-refractivity contribution in [3.05, 3.63) is 23.8 Å². The third-order valence-electron chi connectivity index (χ3n) is 3.72. The van der Waals surface area contributed by atoms with Crippen molar-refractivity contribution >= 4 is 15.9 Å². The molecule has 1 aromatic rings. The maximum absolute atomic E-state index is 12.8. The lowest BCUT2D eigenvalue weighted by molar-refractivity contribution is 0.0699. The number of nitrogens with zero attached hydrogens (tertiary/aromatic N) is 1. The molecule has 128 valence electrons. The Morgan fingerprint density at radius 3 is 2.65 bits per heavy atom. The van der Waals surface area contributed by atoms with Crippen LogP contribution in [0.2, 0.25) is 0 Å². The van der Waals surface area contributed by atoms with Gasteiger partial charge in [-0.05, 0) is 25.0 Å². The lowest BCUT2D eigenvalue weighted by Crippen LogP contribution is -2.49. The van der Waals surface area contributed by atoms with Crippen molar-refractivity contribution in [2.75, 3.05) is 33.6 Å². The summed E-state index contributed by atoms with van der Waals surface area (Å²) in [5, 5.41) is 0. The molecular weight excluding hydrogens is 320 g/mol. The van der Waals surface area contributed by atoms with Crippen LogP contribution >= 0.6 is 0 Å². The Labute approximate surface area is 136 Å². The van der Waals surface area contributed by atoms with Gasteiger partial charge in [-0.15, -0.1) is 0 Å². The quantitative estimate of drug-likeness (QED) is 0.858. The fourth-order valence-corrected chi connectivity index (χ4v) is 3.58. The number of hydrogen-bond acceptors (Lipinski definition) is 5. The molecule has 0 radical (unpaired) electrons. The number of rotatable bonds is 5. The molecule has 1 aromatic carbocycles. The van der Waals surface area contributed by atoms with E-state index >= 15 is 0 Å². The topological polar surface area (TPSA) is 84.9 Å². The lowest BCUT2D eigenvalue weighted by atomic mass is 10.0. The molecule has 1 aliphatic heterocycles. The average Bonchev–Trinajstić information content (AvgIpc) is 2.51. The Morgan fingerprint density at radius 2 is 2.04 bits per heavy atom. The molecule has 23 heavy (non-hydrogen) atoms. The highest BCUT2D eigenvalue weighted by Gasteiger charge is 2.28. The highest BCUT2D eigenvalue weighted by Crippen LogP contribution is 2.32. The molecule has 2 rings (SSSR count). The zero-order chi connectivity index (χ0) is 17.0.